The monoisotopic (exact) mass is 1800 g/mol. The van der Waals surface area contributed by atoms with Gasteiger partial charge in [-0.25, -0.2) is 14.6 Å². The van der Waals surface area contributed by atoms with Crippen LogP contribution in [0.15, 0.2) is 114 Å². The molecule has 0 spiro atoms. The lowest BCUT2D eigenvalue weighted by Gasteiger charge is -2.48. The highest BCUT2D eigenvalue weighted by atomic mass is 35.5. The van der Waals surface area contributed by atoms with Gasteiger partial charge in [-0.15, -0.1) is 0 Å². The Morgan fingerprint density at radius 2 is 1.38 bits per heavy atom. The minimum atomic E-state index is -2.39. The van der Waals surface area contributed by atoms with E-state index in [9.17, 15) is 74.3 Å². The number of aromatic nitrogens is 2. The van der Waals surface area contributed by atoms with Gasteiger partial charge in [-0.2, -0.15) is 4.98 Å². The number of rotatable bonds is 22. The number of hydrogen-bond donors (Lipinski definition) is 21. The summed E-state index contributed by atoms with van der Waals surface area (Å²) in [4.78, 5) is 150. The average Bonchev–Trinajstić information content (AvgIpc) is 0.767. The number of benzene rings is 6. The van der Waals surface area contributed by atoms with Crippen molar-refractivity contribution in [2.75, 3.05) is 32.1 Å². The number of carbonyl (C=O) groups is 9. The lowest BCUT2D eigenvalue weighted by Crippen LogP contribution is -2.65. The number of phenolic OH excluding ortho intramolecular Hbond substituents is 3. The number of aliphatic hydroxyl groups is 6. The molecule has 2 fully saturated rings. The van der Waals surface area contributed by atoms with Crippen molar-refractivity contribution in [3.63, 3.8) is 0 Å². The molecule has 11 bridgehead atoms. The Bertz CT molecular complexity index is 5370. The molecule has 668 valence electrons. The summed E-state index contributed by atoms with van der Waals surface area (Å²) >= 11 is 20.2. The number of fused-ring (bicyclic) bond motifs is 15. The molecule has 2 saturated heterocycles. The molecule has 6 aromatic carbocycles. The number of halogens is 4. The second-order valence-electron chi connectivity index (χ2n) is 31.0. The van der Waals surface area contributed by atoms with Gasteiger partial charge in [0, 0.05) is 55.0 Å². The van der Waals surface area contributed by atoms with Gasteiger partial charge in [0.05, 0.1) is 52.8 Å². The zero-order valence-electron chi connectivity index (χ0n) is 67.5. The van der Waals surface area contributed by atoms with Gasteiger partial charge >= 0.3 is 5.69 Å². The van der Waals surface area contributed by atoms with Crippen molar-refractivity contribution in [1.29, 1.82) is 0 Å². The van der Waals surface area contributed by atoms with Crippen LogP contribution in [0.3, 0.4) is 0 Å². The molecule has 14 rings (SSSR count). The van der Waals surface area contributed by atoms with Crippen LogP contribution in [0.5, 0.6) is 46.0 Å². The topological polar surface area (TPSA) is 584 Å². The van der Waals surface area contributed by atoms with E-state index < -0.39 is 259 Å². The number of phenols is 3. The molecule has 18 atom stereocenters. The summed E-state index contributed by atoms with van der Waals surface area (Å²) in [5.74, 6) is -16.7. The van der Waals surface area contributed by atoms with E-state index in [0.29, 0.717) is 5.56 Å². The zero-order valence-corrected chi connectivity index (χ0v) is 69.7. The quantitative estimate of drug-likeness (QED) is 0.0428. The number of carbonyl (C=O) groups excluding carboxylic acids is 9. The molecule has 8 heterocycles. The number of aromatic hydroxyl groups is 3. The Morgan fingerprint density at radius 1 is 0.728 bits per heavy atom. The Balaban J connectivity index is 0.998. The molecule has 7 aliphatic heterocycles. The molecule has 22 N–H and O–H groups in total. The Hall–Kier alpha value is -11.5. The van der Waals surface area contributed by atoms with E-state index in [1.165, 1.54) is 55.1 Å². The van der Waals surface area contributed by atoms with E-state index in [0.717, 1.165) is 72.8 Å². The predicted molar refractivity (Wildman–Crippen MR) is 440 cm³/mol. The van der Waals surface area contributed by atoms with Crippen LogP contribution in [0, 0.1) is 11.7 Å². The van der Waals surface area contributed by atoms with E-state index in [1.807, 2.05) is 13.8 Å². The number of hydrogen-bond acceptors (Lipinski definition) is 29. The number of aliphatic hydroxyl groups excluding tert-OH is 6. The van der Waals surface area contributed by atoms with Gasteiger partial charge in [0.25, 0.3) is 5.91 Å². The molecule has 0 radical (unpaired) electrons. The van der Waals surface area contributed by atoms with Gasteiger partial charge < -0.3 is 128 Å². The fraction of sp³-hybridized carbons (Fsp3) is 0.402. The highest BCUT2D eigenvalue weighted by Crippen LogP contribution is 2.50. The third-order valence-electron chi connectivity index (χ3n) is 21.5. The van der Waals surface area contributed by atoms with Gasteiger partial charge in [0.2, 0.25) is 59.3 Å². The molecule has 7 aliphatic rings. The maximum atomic E-state index is 16.3. The number of anilines is 1. The van der Waals surface area contributed by atoms with Crippen molar-refractivity contribution >= 4 is 93.8 Å². The molecular formula is C82H92Cl3FN14O25. The van der Waals surface area contributed by atoms with Gasteiger partial charge in [-0.05, 0) is 139 Å². The Labute approximate surface area is 726 Å². The lowest BCUT2D eigenvalue weighted by molar-refractivity contribution is -0.334. The van der Waals surface area contributed by atoms with Crippen LogP contribution in [0.1, 0.15) is 118 Å². The van der Waals surface area contributed by atoms with Crippen molar-refractivity contribution in [2.45, 2.75) is 176 Å². The highest BCUT2D eigenvalue weighted by Gasteiger charge is 2.52. The third-order valence-corrected chi connectivity index (χ3v) is 22.4. The number of amides is 9. The lowest BCUT2D eigenvalue weighted by atomic mass is 9.85. The van der Waals surface area contributed by atoms with Gasteiger partial charge in [-0.1, -0.05) is 79.8 Å². The van der Waals surface area contributed by atoms with E-state index in [4.69, 9.17) is 69.0 Å². The maximum absolute atomic E-state index is 16.3. The summed E-state index contributed by atoms with van der Waals surface area (Å²) in [6.45, 7) is 7.21. The molecule has 7 aromatic rings. The van der Waals surface area contributed by atoms with Crippen molar-refractivity contribution in [2.24, 2.45) is 11.7 Å². The summed E-state index contributed by atoms with van der Waals surface area (Å²) in [6, 6.07) is 4.93. The molecule has 0 saturated carbocycles. The number of likely N-dealkylation sites (N-methyl/N-ethyl adjacent to an activating group) is 1. The molecule has 16 unspecified atom stereocenters. The number of ether oxygens (including phenoxy) is 6. The fourth-order valence-electron chi connectivity index (χ4n) is 15.1. The van der Waals surface area contributed by atoms with Crippen LogP contribution in [0.4, 0.5) is 10.2 Å². The van der Waals surface area contributed by atoms with Crippen LogP contribution in [0.2, 0.25) is 15.1 Å². The van der Waals surface area contributed by atoms with Crippen molar-refractivity contribution in [3.05, 3.63) is 174 Å². The van der Waals surface area contributed by atoms with Crippen molar-refractivity contribution in [1.82, 2.24) is 62.9 Å². The van der Waals surface area contributed by atoms with Crippen molar-refractivity contribution in [3.8, 4) is 57.1 Å². The first-order valence-corrected chi connectivity index (χ1v) is 40.5. The second-order valence-corrected chi connectivity index (χ2v) is 32.2. The molecular weight excluding hydrogens is 1710 g/mol. The van der Waals surface area contributed by atoms with E-state index in [1.54, 1.807) is 13.8 Å². The number of nitrogens with one attached hydrogen (secondary N) is 11. The maximum Gasteiger partial charge on any atom is 0.349 e. The van der Waals surface area contributed by atoms with Crippen LogP contribution in [0.25, 0.3) is 11.1 Å². The van der Waals surface area contributed by atoms with Gasteiger partial charge in [-0.3, -0.25) is 53.1 Å². The summed E-state index contributed by atoms with van der Waals surface area (Å²) in [5.41, 5.74) is 6.31. The van der Waals surface area contributed by atoms with Crippen molar-refractivity contribution < 1.29 is 122 Å². The molecule has 43 heteroatoms. The minimum absolute atomic E-state index is 0.0608. The Kier molecular flexibility index (Phi) is 29.2. The van der Waals surface area contributed by atoms with Crippen LogP contribution in [-0.2, 0) is 70.3 Å². The largest absolute Gasteiger partial charge is 0.508 e. The molecule has 39 nitrogen and oxygen atoms in total. The smallest absolute Gasteiger partial charge is 0.349 e. The summed E-state index contributed by atoms with van der Waals surface area (Å²) in [5, 5.41) is 129. The SMILES string of the molecule is CCNNC(=O)[C@@H]1NC(=O)C2NC(=O)C(NC(=O)C3NC(=O)C(CC(N)=O)NC(=O)C(NC(=O)C(CC(C)C)NC)C(O)c4ccc(c(Cl)c4)Oc4cc3cc(c4OC3OC(CO)C(O)C(O)C3OC3C[C@@](C)(NCCn4ccc(NC(=O)Cc5ccc(Cl)c(F)c5)nc4=O)C(O)C(C)O3)Oc3ccc(cc3Cl)C2O)c2ccc(O)c(c2)-c2c(O)cc(O)cc21. The standard InChI is InChI=1S/C82H92Cl3FN14O25/c1-7-90-99-79(118)63-42-28-40(102)29-50(104)60(42)41-23-36(9-13-49(41)103)61-75(114)98-65(78(117)96-63)67(108)38-11-15-52(45(85)25-38)122-54-27-39-26-53(121-51-14-10-37(24-44(51)84)66(107)64(97-73(112)47(88-6)20-33(2)3)77(116)91-48(30-56(87)105)74(113)94-62(39)76(115)95-61)70(54)125-80-71(69(110)68(109)55(32-101)123-80)124-59-31-82(5,72(111)34(4)120-59)89-17-19-100-18-16-57(93-81(100)119)92-58(106)22-35-8-12-43(83)46(86)21-35/h8-16,18,21,23-29,33-34,47-48,55,59,61-69,71-72,80,88-90,101-104,107-111H,7,17,19-20,22,30-32H2,1-6H3,(H2,87,105)(H,91,116)(H,94,113)(H,95,115)(H,96,117)(H,97,112)(H,98,114)(H,99,118)(H,92,93,106,119)/t34?,47?,48?,55?,59?,61?,62?,63-,64?,65?,66?,67?,68?,69?,71?,72?,80?,82-/m1/s1. The predicted octanol–water partition coefficient (Wildman–Crippen LogP) is 1.52. The number of hydrazine groups is 1. The molecule has 1 aromatic heterocycles. The summed E-state index contributed by atoms with van der Waals surface area (Å²) in [7, 11) is 1.47. The number of nitrogens with zero attached hydrogens (tertiary/aromatic N) is 2. The van der Waals surface area contributed by atoms with Crippen LogP contribution < -0.4 is 84.3 Å². The Morgan fingerprint density at radius 3 is 2.02 bits per heavy atom. The zero-order chi connectivity index (χ0) is 90.5. The van der Waals surface area contributed by atoms with Gasteiger partial charge in [0.1, 0.15) is 107 Å². The number of primary amides is 1. The molecule has 125 heavy (non-hydrogen) atoms. The highest BCUT2D eigenvalue weighted by molar-refractivity contribution is 6.32. The normalized spacial score (nSPS) is 25.9. The van der Waals surface area contributed by atoms with E-state index >= 15 is 24.0 Å². The van der Waals surface area contributed by atoms with E-state index in [-0.39, 0.29) is 78.1 Å². The molecule has 9 amide bonds. The van der Waals surface area contributed by atoms with Gasteiger partial charge in [0.15, 0.2) is 23.9 Å². The third kappa shape index (κ3) is 21.1. The summed E-state index contributed by atoms with van der Waals surface area (Å²) < 4.78 is 54.7. The second kappa shape index (κ2) is 39.4. The van der Waals surface area contributed by atoms with Crippen LogP contribution >= 0.6 is 34.8 Å². The summed E-state index contributed by atoms with van der Waals surface area (Å²) in [6.07, 6.45) is -18.5. The average molecular weight is 1800 g/mol. The fourth-order valence-corrected chi connectivity index (χ4v) is 15.6. The first-order valence-electron chi connectivity index (χ1n) is 39.4. The molecule has 0 aliphatic carbocycles. The van der Waals surface area contributed by atoms with Crippen LogP contribution in [-0.4, -0.2) is 214 Å². The number of nitrogens with two attached hydrogens (primary N) is 1. The minimum Gasteiger partial charge on any atom is -0.508 e. The first-order chi connectivity index (χ1) is 59.3. The van der Waals surface area contributed by atoms with E-state index in [2.05, 4.69) is 63.7 Å². The first kappa shape index (κ1) is 92.7.